The fourth-order valence-corrected chi connectivity index (χ4v) is 1.30. The molecule has 8 nitrogen and oxygen atoms in total. The number of carbonyl (C=O) groups excluding carboxylic acids is 1. The maximum absolute atomic E-state index is 11.2. The zero-order valence-corrected chi connectivity index (χ0v) is 9.54. The number of nitrogen functional groups attached to an aromatic ring is 1. The van der Waals surface area contributed by atoms with Crippen LogP contribution in [0.4, 0.5) is 5.69 Å². The first kappa shape index (κ1) is 11.3. The molecule has 2 heterocycles. The minimum Gasteiger partial charge on any atom is -0.396 e. The van der Waals surface area contributed by atoms with Gasteiger partial charge in [0.05, 0.1) is 18.4 Å². The number of rotatable bonds is 3. The Labute approximate surface area is 96.8 Å². The first-order valence-electron chi connectivity index (χ1n) is 5.06. The maximum atomic E-state index is 11.2. The fraction of sp³-hybridized carbons (Fsp3) is 0.333. The lowest BCUT2D eigenvalue weighted by atomic mass is 10.4. The Morgan fingerprint density at radius 2 is 2.41 bits per heavy atom. The van der Waals surface area contributed by atoms with E-state index in [0.717, 1.165) is 5.69 Å². The first-order valence-corrected chi connectivity index (χ1v) is 5.06. The van der Waals surface area contributed by atoms with Crippen molar-refractivity contribution in [2.45, 2.75) is 13.5 Å². The van der Waals surface area contributed by atoms with Crippen LogP contribution in [0.1, 0.15) is 22.2 Å². The zero-order chi connectivity index (χ0) is 12.4. The molecule has 8 heteroatoms. The van der Waals surface area contributed by atoms with Crippen molar-refractivity contribution in [3.05, 3.63) is 23.6 Å². The molecule has 0 aliphatic rings. The van der Waals surface area contributed by atoms with E-state index in [9.17, 15) is 4.79 Å². The van der Waals surface area contributed by atoms with Gasteiger partial charge in [0, 0.05) is 6.20 Å². The van der Waals surface area contributed by atoms with Crippen molar-refractivity contribution in [2.24, 2.45) is 0 Å². The SMILES string of the molecule is C[NH2+]C(=O)c1nc(Cn2cc(N)c(C)n2)no1. The molecule has 2 aromatic heterocycles. The summed E-state index contributed by atoms with van der Waals surface area (Å²) in [6, 6.07) is 0. The molecule has 0 spiro atoms. The van der Waals surface area contributed by atoms with Crippen LogP contribution >= 0.6 is 0 Å². The molecule has 0 fully saturated rings. The summed E-state index contributed by atoms with van der Waals surface area (Å²) in [4.78, 5) is 15.2. The zero-order valence-electron chi connectivity index (χ0n) is 9.54. The van der Waals surface area contributed by atoms with Gasteiger partial charge in [0.2, 0.25) is 0 Å². The van der Waals surface area contributed by atoms with Gasteiger partial charge in [-0.15, -0.1) is 0 Å². The standard InChI is InChI=1S/C9H12N6O2/c1-5-6(10)3-15(13-5)4-7-12-9(17-14-7)8(16)11-2/h3H,4,10H2,1-2H3,(H,11,16)/p+1. The van der Waals surface area contributed by atoms with E-state index in [-0.39, 0.29) is 11.8 Å². The average Bonchev–Trinajstić information content (AvgIpc) is 2.87. The Balaban J connectivity index is 2.14. The largest absolute Gasteiger partial charge is 0.400 e. The topological polar surface area (TPSA) is 116 Å². The smallest absolute Gasteiger partial charge is 0.396 e. The van der Waals surface area contributed by atoms with E-state index < -0.39 is 0 Å². The number of aryl methyl sites for hydroxylation is 1. The molecule has 0 aliphatic heterocycles. The number of amides is 1. The van der Waals surface area contributed by atoms with Crippen LogP contribution in [0.15, 0.2) is 10.7 Å². The maximum Gasteiger partial charge on any atom is 0.400 e. The highest BCUT2D eigenvalue weighted by molar-refractivity contribution is 5.80. The number of primary amides is 1. The summed E-state index contributed by atoms with van der Waals surface area (Å²) in [5.41, 5.74) is 7.01. The van der Waals surface area contributed by atoms with E-state index in [2.05, 4.69) is 15.2 Å². The van der Waals surface area contributed by atoms with Gasteiger partial charge in [-0.1, -0.05) is 5.16 Å². The van der Waals surface area contributed by atoms with Crippen molar-refractivity contribution in [2.75, 3.05) is 12.8 Å². The number of carbonyl (C=O) groups is 1. The van der Waals surface area contributed by atoms with Crippen molar-refractivity contribution < 1.29 is 14.6 Å². The highest BCUT2D eigenvalue weighted by atomic mass is 16.5. The van der Waals surface area contributed by atoms with Gasteiger partial charge in [-0.3, -0.25) is 10.00 Å². The van der Waals surface area contributed by atoms with Crippen molar-refractivity contribution in [1.29, 1.82) is 0 Å². The van der Waals surface area contributed by atoms with Crippen molar-refractivity contribution in [1.82, 2.24) is 19.9 Å². The number of nitrogens with zero attached hydrogens (tertiary/aromatic N) is 4. The van der Waals surface area contributed by atoms with Gasteiger partial charge in [0.25, 0.3) is 0 Å². The third kappa shape index (κ3) is 2.31. The summed E-state index contributed by atoms with van der Waals surface area (Å²) < 4.78 is 6.41. The number of hydrogen-bond donors (Lipinski definition) is 2. The van der Waals surface area contributed by atoms with E-state index in [1.54, 1.807) is 17.9 Å². The molecule has 4 N–H and O–H groups in total. The highest BCUT2D eigenvalue weighted by Gasteiger charge is 2.17. The predicted octanol–water partition coefficient (Wildman–Crippen LogP) is -1.46. The van der Waals surface area contributed by atoms with Crippen LogP contribution in [0.2, 0.25) is 0 Å². The fourth-order valence-electron chi connectivity index (χ4n) is 1.30. The van der Waals surface area contributed by atoms with Crippen LogP contribution < -0.4 is 11.1 Å². The average molecular weight is 237 g/mol. The molecule has 17 heavy (non-hydrogen) atoms. The second-order valence-electron chi connectivity index (χ2n) is 3.54. The molecule has 1 amide bonds. The first-order chi connectivity index (χ1) is 8.10. The molecule has 0 saturated heterocycles. The molecule has 0 saturated carbocycles. The summed E-state index contributed by atoms with van der Waals surface area (Å²) in [6.07, 6.45) is 1.68. The Kier molecular flexibility index (Phi) is 2.88. The molecular formula is C9H13N6O2+. The molecule has 2 aromatic rings. The van der Waals surface area contributed by atoms with Gasteiger partial charge in [-0.25, -0.2) is 4.79 Å². The van der Waals surface area contributed by atoms with E-state index in [4.69, 9.17) is 10.3 Å². The predicted molar refractivity (Wildman–Crippen MR) is 57.0 cm³/mol. The number of hydrogen-bond acceptors (Lipinski definition) is 6. The van der Waals surface area contributed by atoms with Crippen LogP contribution in [0.3, 0.4) is 0 Å². The summed E-state index contributed by atoms with van der Waals surface area (Å²) in [6.45, 7) is 2.13. The molecule has 0 aliphatic carbocycles. The molecular weight excluding hydrogens is 224 g/mol. The van der Waals surface area contributed by atoms with Crippen LogP contribution in [0.25, 0.3) is 0 Å². The molecule has 0 atom stereocenters. The second kappa shape index (κ2) is 4.34. The van der Waals surface area contributed by atoms with Crippen LogP contribution in [0.5, 0.6) is 0 Å². The number of anilines is 1. The monoisotopic (exact) mass is 237 g/mol. The van der Waals surface area contributed by atoms with Gasteiger partial charge in [-0.2, -0.15) is 10.1 Å². The summed E-state index contributed by atoms with van der Waals surface area (Å²) in [5, 5.41) is 9.22. The Hall–Kier alpha value is -2.22. The minimum atomic E-state index is -0.292. The number of nitrogens with two attached hydrogens (primary N) is 2. The van der Waals surface area contributed by atoms with E-state index >= 15 is 0 Å². The Bertz CT molecular complexity index is 524. The third-order valence-corrected chi connectivity index (χ3v) is 2.23. The third-order valence-electron chi connectivity index (χ3n) is 2.23. The minimum absolute atomic E-state index is 0.0145. The molecule has 0 aromatic carbocycles. The Morgan fingerprint density at radius 1 is 1.65 bits per heavy atom. The Morgan fingerprint density at radius 3 is 3.00 bits per heavy atom. The lowest BCUT2D eigenvalue weighted by molar-refractivity contribution is -0.524. The summed E-state index contributed by atoms with van der Waals surface area (Å²) in [5.74, 6) is 0.0805. The van der Waals surface area contributed by atoms with Crippen molar-refractivity contribution in [3.8, 4) is 0 Å². The van der Waals surface area contributed by atoms with Gasteiger partial charge < -0.3 is 10.3 Å². The summed E-state index contributed by atoms with van der Waals surface area (Å²) >= 11 is 0. The van der Waals surface area contributed by atoms with Crippen LogP contribution in [-0.2, 0) is 6.54 Å². The molecule has 90 valence electrons. The van der Waals surface area contributed by atoms with Gasteiger partial charge in [-0.05, 0) is 6.92 Å². The highest BCUT2D eigenvalue weighted by Crippen LogP contribution is 2.08. The lowest BCUT2D eigenvalue weighted by Gasteiger charge is -1.93. The number of quaternary nitrogens is 1. The quantitative estimate of drug-likeness (QED) is 0.673. The number of aromatic nitrogens is 4. The van der Waals surface area contributed by atoms with Crippen LogP contribution in [0, 0.1) is 6.92 Å². The van der Waals surface area contributed by atoms with E-state index in [1.807, 2.05) is 6.92 Å². The van der Waals surface area contributed by atoms with Crippen LogP contribution in [-0.4, -0.2) is 32.9 Å². The summed E-state index contributed by atoms with van der Waals surface area (Å²) in [7, 11) is 1.61. The second-order valence-corrected chi connectivity index (χ2v) is 3.54. The van der Waals surface area contributed by atoms with E-state index in [1.165, 1.54) is 5.32 Å². The van der Waals surface area contributed by atoms with Gasteiger partial charge in [0.1, 0.15) is 6.54 Å². The van der Waals surface area contributed by atoms with Crippen molar-refractivity contribution in [3.63, 3.8) is 0 Å². The normalized spacial score (nSPS) is 10.7. The molecule has 0 unspecified atom stereocenters. The van der Waals surface area contributed by atoms with Crippen molar-refractivity contribution >= 4 is 11.6 Å². The van der Waals surface area contributed by atoms with Gasteiger partial charge >= 0.3 is 11.8 Å². The van der Waals surface area contributed by atoms with Gasteiger partial charge in [0.15, 0.2) is 5.82 Å². The lowest BCUT2D eigenvalue weighted by Crippen LogP contribution is -2.83. The molecule has 2 rings (SSSR count). The molecule has 0 bridgehead atoms. The molecule has 0 radical (unpaired) electrons. The van der Waals surface area contributed by atoms with E-state index in [0.29, 0.717) is 18.1 Å².